The molecule has 102 valence electrons. The summed E-state index contributed by atoms with van der Waals surface area (Å²) in [5, 5.41) is 5.11. The predicted molar refractivity (Wildman–Crippen MR) is 68.8 cm³/mol. The van der Waals surface area contributed by atoms with Crippen molar-refractivity contribution in [3.05, 3.63) is 18.2 Å². The van der Waals surface area contributed by atoms with E-state index < -0.39 is 10.0 Å². The van der Waals surface area contributed by atoms with Gasteiger partial charge in [0.05, 0.1) is 6.61 Å². The first kappa shape index (κ1) is 14.7. The fourth-order valence-electron chi connectivity index (χ4n) is 1.38. The average molecular weight is 274 g/mol. The van der Waals surface area contributed by atoms with Gasteiger partial charge in [-0.05, 0) is 32.0 Å². The van der Waals surface area contributed by atoms with Gasteiger partial charge >= 0.3 is 0 Å². The number of hydrogen-bond donors (Lipinski definition) is 2. The van der Waals surface area contributed by atoms with Crippen molar-refractivity contribution in [1.29, 1.82) is 0 Å². The molecule has 0 radical (unpaired) electrons. The Morgan fingerprint density at radius 2 is 2.06 bits per heavy atom. The molecule has 0 bridgehead atoms. The van der Waals surface area contributed by atoms with E-state index in [-0.39, 0.29) is 16.7 Å². The van der Waals surface area contributed by atoms with Gasteiger partial charge in [-0.15, -0.1) is 0 Å². The van der Waals surface area contributed by atoms with Crippen molar-refractivity contribution in [2.45, 2.75) is 24.8 Å². The van der Waals surface area contributed by atoms with Crippen LogP contribution in [0.4, 0.5) is 5.69 Å². The average Bonchev–Trinajstić information content (AvgIpc) is 2.27. The Kier molecular flexibility index (Phi) is 4.94. The van der Waals surface area contributed by atoms with Crippen LogP contribution >= 0.6 is 0 Å². The van der Waals surface area contributed by atoms with Crippen LogP contribution in [0, 0.1) is 0 Å². The van der Waals surface area contributed by atoms with Gasteiger partial charge < -0.3 is 15.2 Å². The standard InChI is InChI=1S/C11H18N2O4S/c1-3-16-7-8(2)17-10-5-4-9(12)6-11(10)18(13,14)15/h4-6,8H,3,7,12H2,1-2H3,(H2,13,14,15). The van der Waals surface area contributed by atoms with Crippen molar-refractivity contribution < 1.29 is 17.9 Å². The third-order valence-corrected chi connectivity index (χ3v) is 3.09. The van der Waals surface area contributed by atoms with Gasteiger partial charge in [0.25, 0.3) is 0 Å². The van der Waals surface area contributed by atoms with E-state index in [1.807, 2.05) is 6.92 Å². The number of anilines is 1. The van der Waals surface area contributed by atoms with Crippen LogP contribution in [-0.4, -0.2) is 27.7 Å². The molecular weight excluding hydrogens is 256 g/mol. The second-order valence-electron chi connectivity index (χ2n) is 3.84. The maximum absolute atomic E-state index is 11.4. The number of nitrogens with two attached hydrogens (primary N) is 2. The van der Waals surface area contributed by atoms with Crippen LogP contribution in [0.25, 0.3) is 0 Å². The van der Waals surface area contributed by atoms with Crippen molar-refractivity contribution >= 4 is 15.7 Å². The van der Waals surface area contributed by atoms with Crippen molar-refractivity contribution in [3.8, 4) is 5.75 Å². The topological polar surface area (TPSA) is 105 Å². The fraction of sp³-hybridized carbons (Fsp3) is 0.455. The van der Waals surface area contributed by atoms with Crippen LogP contribution in [-0.2, 0) is 14.8 Å². The van der Waals surface area contributed by atoms with E-state index >= 15 is 0 Å². The Hall–Kier alpha value is -1.31. The van der Waals surface area contributed by atoms with Crippen molar-refractivity contribution in [1.82, 2.24) is 0 Å². The zero-order valence-corrected chi connectivity index (χ0v) is 11.2. The molecule has 18 heavy (non-hydrogen) atoms. The minimum atomic E-state index is -3.87. The molecule has 1 unspecified atom stereocenters. The third kappa shape index (κ3) is 4.17. The Bertz CT molecular complexity index is 502. The largest absolute Gasteiger partial charge is 0.487 e. The lowest BCUT2D eigenvalue weighted by Gasteiger charge is -2.16. The molecule has 0 saturated carbocycles. The number of ether oxygens (including phenoxy) is 2. The van der Waals surface area contributed by atoms with Crippen LogP contribution in [0.5, 0.6) is 5.75 Å². The lowest BCUT2D eigenvalue weighted by Crippen LogP contribution is -2.21. The normalized spacial score (nSPS) is 13.3. The highest BCUT2D eigenvalue weighted by Crippen LogP contribution is 2.26. The predicted octanol–water partition coefficient (Wildman–Crippen LogP) is 0.720. The van der Waals surface area contributed by atoms with E-state index in [1.165, 1.54) is 12.1 Å². The number of primary sulfonamides is 1. The second-order valence-corrected chi connectivity index (χ2v) is 5.37. The van der Waals surface area contributed by atoms with Gasteiger partial charge in [-0.3, -0.25) is 0 Å². The molecule has 7 heteroatoms. The molecule has 0 aliphatic carbocycles. The molecule has 0 aliphatic heterocycles. The van der Waals surface area contributed by atoms with E-state index in [0.717, 1.165) is 0 Å². The Morgan fingerprint density at radius 3 is 2.61 bits per heavy atom. The summed E-state index contributed by atoms with van der Waals surface area (Å²) in [4.78, 5) is -0.120. The van der Waals surface area contributed by atoms with E-state index in [9.17, 15) is 8.42 Å². The van der Waals surface area contributed by atoms with Gasteiger partial charge in [-0.1, -0.05) is 0 Å². The van der Waals surface area contributed by atoms with Crippen LogP contribution in [0.3, 0.4) is 0 Å². The number of rotatable bonds is 6. The Morgan fingerprint density at radius 1 is 1.39 bits per heavy atom. The van der Waals surface area contributed by atoms with Crippen LogP contribution < -0.4 is 15.6 Å². The third-order valence-electron chi connectivity index (χ3n) is 2.16. The number of sulfonamides is 1. The summed E-state index contributed by atoms with van der Waals surface area (Å²) in [5.41, 5.74) is 5.84. The van der Waals surface area contributed by atoms with E-state index in [0.29, 0.717) is 18.9 Å². The van der Waals surface area contributed by atoms with Crippen LogP contribution in [0.15, 0.2) is 23.1 Å². The van der Waals surface area contributed by atoms with Crippen molar-refractivity contribution in [2.24, 2.45) is 5.14 Å². The summed E-state index contributed by atoms with van der Waals surface area (Å²) in [6, 6.07) is 4.31. The summed E-state index contributed by atoms with van der Waals surface area (Å²) in [7, 11) is -3.87. The summed E-state index contributed by atoms with van der Waals surface area (Å²) in [5.74, 6) is 0.180. The zero-order valence-electron chi connectivity index (χ0n) is 10.4. The molecule has 0 fully saturated rings. The highest BCUT2D eigenvalue weighted by atomic mass is 32.2. The molecule has 0 spiro atoms. The molecule has 4 N–H and O–H groups in total. The lowest BCUT2D eigenvalue weighted by atomic mass is 10.3. The number of nitrogen functional groups attached to an aromatic ring is 1. The van der Waals surface area contributed by atoms with Crippen LogP contribution in [0.1, 0.15) is 13.8 Å². The van der Waals surface area contributed by atoms with Gasteiger partial charge in [0.2, 0.25) is 10.0 Å². The minimum Gasteiger partial charge on any atom is -0.487 e. The highest BCUT2D eigenvalue weighted by Gasteiger charge is 2.17. The molecule has 0 amide bonds. The SMILES string of the molecule is CCOCC(C)Oc1ccc(N)cc1S(N)(=O)=O. The van der Waals surface area contributed by atoms with E-state index in [4.69, 9.17) is 20.3 Å². The molecule has 1 aromatic rings. The molecule has 1 atom stereocenters. The molecule has 1 rings (SSSR count). The van der Waals surface area contributed by atoms with Gasteiger partial charge in [0, 0.05) is 12.3 Å². The molecular formula is C11H18N2O4S. The molecule has 0 aromatic heterocycles. The Labute approximate surface area is 107 Å². The first-order valence-corrected chi connectivity index (χ1v) is 7.06. The van der Waals surface area contributed by atoms with Crippen LogP contribution in [0.2, 0.25) is 0 Å². The lowest BCUT2D eigenvalue weighted by molar-refractivity contribution is 0.0642. The minimum absolute atomic E-state index is 0.120. The molecule has 0 aliphatic rings. The molecule has 0 heterocycles. The number of hydrogen-bond acceptors (Lipinski definition) is 5. The number of benzene rings is 1. The summed E-state index contributed by atoms with van der Waals surface area (Å²) >= 11 is 0. The fourth-order valence-corrected chi connectivity index (χ4v) is 2.08. The summed E-state index contributed by atoms with van der Waals surface area (Å²) in [6.07, 6.45) is -0.283. The smallest absolute Gasteiger partial charge is 0.241 e. The molecule has 6 nitrogen and oxygen atoms in total. The van der Waals surface area contributed by atoms with E-state index in [1.54, 1.807) is 13.0 Å². The van der Waals surface area contributed by atoms with Gasteiger partial charge in [-0.25, -0.2) is 13.6 Å². The maximum Gasteiger partial charge on any atom is 0.241 e. The first-order valence-electron chi connectivity index (χ1n) is 5.51. The zero-order chi connectivity index (χ0) is 13.8. The van der Waals surface area contributed by atoms with Gasteiger partial charge in [0.15, 0.2) is 0 Å². The maximum atomic E-state index is 11.4. The van der Waals surface area contributed by atoms with Gasteiger partial charge in [0.1, 0.15) is 16.7 Å². The van der Waals surface area contributed by atoms with Crippen molar-refractivity contribution in [3.63, 3.8) is 0 Å². The monoisotopic (exact) mass is 274 g/mol. The molecule has 0 saturated heterocycles. The Balaban J connectivity index is 2.95. The van der Waals surface area contributed by atoms with Crippen molar-refractivity contribution in [2.75, 3.05) is 18.9 Å². The summed E-state index contributed by atoms with van der Waals surface area (Å²) in [6.45, 7) is 4.58. The first-order chi connectivity index (χ1) is 8.34. The highest BCUT2D eigenvalue weighted by molar-refractivity contribution is 7.89. The van der Waals surface area contributed by atoms with Gasteiger partial charge in [-0.2, -0.15) is 0 Å². The molecule has 1 aromatic carbocycles. The quantitative estimate of drug-likeness (QED) is 0.744. The van der Waals surface area contributed by atoms with E-state index in [2.05, 4.69) is 0 Å². The second kappa shape index (κ2) is 6.03. The summed E-state index contributed by atoms with van der Waals surface area (Å²) < 4.78 is 33.5.